The predicted molar refractivity (Wildman–Crippen MR) is 66.5 cm³/mol. The standard InChI is InChI=1S/C10H10Cl2FN5/c1-2-14-5-9-15-16-17-18(9)10-7(11)3-6(13)4-8(10)12/h3-4,14H,2,5H2,1H3. The molecule has 8 heteroatoms. The smallest absolute Gasteiger partial charge is 0.170 e. The van der Waals surface area contributed by atoms with Crippen LogP contribution in [0.1, 0.15) is 12.7 Å². The summed E-state index contributed by atoms with van der Waals surface area (Å²) in [6.45, 7) is 3.21. The third kappa shape index (κ3) is 2.60. The molecule has 0 saturated carbocycles. The first kappa shape index (κ1) is 13.2. The van der Waals surface area contributed by atoms with E-state index in [2.05, 4.69) is 20.8 Å². The number of tetrazole rings is 1. The summed E-state index contributed by atoms with van der Waals surface area (Å²) >= 11 is 11.9. The van der Waals surface area contributed by atoms with E-state index in [1.165, 1.54) is 16.8 Å². The predicted octanol–water partition coefficient (Wildman–Crippen LogP) is 2.22. The van der Waals surface area contributed by atoms with Crippen LogP contribution in [0, 0.1) is 5.82 Å². The lowest BCUT2D eigenvalue weighted by Gasteiger charge is -2.09. The molecule has 2 aromatic rings. The monoisotopic (exact) mass is 289 g/mol. The lowest BCUT2D eigenvalue weighted by atomic mass is 10.3. The van der Waals surface area contributed by atoms with Crippen molar-refractivity contribution in [1.82, 2.24) is 25.5 Å². The van der Waals surface area contributed by atoms with Crippen LogP contribution >= 0.6 is 23.2 Å². The molecular formula is C10H10Cl2FN5. The highest BCUT2D eigenvalue weighted by Gasteiger charge is 2.15. The van der Waals surface area contributed by atoms with E-state index in [0.717, 1.165) is 6.54 Å². The lowest BCUT2D eigenvalue weighted by molar-refractivity contribution is 0.625. The molecule has 0 aliphatic carbocycles. The first-order valence-corrected chi connectivity index (χ1v) is 6.02. The average molecular weight is 290 g/mol. The zero-order valence-electron chi connectivity index (χ0n) is 9.49. The summed E-state index contributed by atoms with van der Waals surface area (Å²) in [7, 11) is 0. The third-order valence-electron chi connectivity index (χ3n) is 2.26. The molecule has 0 atom stereocenters. The van der Waals surface area contributed by atoms with E-state index in [1.54, 1.807) is 0 Å². The Bertz CT molecular complexity index is 534. The van der Waals surface area contributed by atoms with Gasteiger partial charge in [-0.25, -0.2) is 4.39 Å². The van der Waals surface area contributed by atoms with Crippen LogP contribution in [-0.4, -0.2) is 26.8 Å². The minimum atomic E-state index is -0.505. The Morgan fingerprint density at radius 2 is 2.00 bits per heavy atom. The summed E-state index contributed by atoms with van der Waals surface area (Å²) in [6, 6.07) is 2.34. The summed E-state index contributed by atoms with van der Waals surface area (Å²) in [4.78, 5) is 0. The van der Waals surface area contributed by atoms with Crippen molar-refractivity contribution < 1.29 is 4.39 Å². The van der Waals surface area contributed by atoms with Gasteiger partial charge in [0.2, 0.25) is 0 Å². The van der Waals surface area contributed by atoms with Gasteiger partial charge in [-0.3, -0.25) is 0 Å². The van der Waals surface area contributed by atoms with E-state index in [9.17, 15) is 4.39 Å². The van der Waals surface area contributed by atoms with Crippen molar-refractivity contribution in [3.05, 3.63) is 33.8 Å². The molecule has 0 aliphatic rings. The zero-order chi connectivity index (χ0) is 13.1. The average Bonchev–Trinajstić information content (AvgIpc) is 2.73. The van der Waals surface area contributed by atoms with E-state index in [-0.39, 0.29) is 10.0 Å². The largest absolute Gasteiger partial charge is 0.310 e. The van der Waals surface area contributed by atoms with Crippen LogP contribution in [0.25, 0.3) is 5.69 Å². The normalized spacial score (nSPS) is 10.9. The molecule has 1 N–H and O–H groups in total. The van der Waals surface area contributed by atoms with Crippen molar-refractivity contribution in [2.45, 2.75) is 13.5 Å². The van der Waals surface area contributed by atoms with Gasteiger partial charge >= 0.3 is 0 Å². The van der Waals surface area contributed by atoms with E-state index in [0.29, 0.717) is 18.1 Å². The second-order valence-electron chi connectivity index (χ2n) is 3.51. The molecule has 0 aliphatic heterocycles. The third-order valence-corrected chi connectivity index (χ3v) is 2.84. The topological polar surface area (TPSA) is 55.6 Å². The fourth-order valence-corrected chi connectivity index (χ4v) is 2.08. The van der Waals surface area contributed by atoms with Gasteiger partial charge in [0.1, 0.15) is 11.5 Å². The van der Waals surface area contributed by atoms with Crippen LogP contribution in [0.15, 0.2) is 12.1 Å². The first-order valence-electron chi connectivity index (χ1n) is 5.26. The Hall–Kier alpha value is -1.24. The van der Waals surface area contributed by atoms with Gasteiger partial charge in [-0.05, 0) is 29.1 Å². The number of hydrogen-bond acceptors (Lipinski definition) is 4. The minimum absolute atomic E-state index is 0.157. The quantitative estimate of drug-likeness (QED) is 0.938. The molecule has 0 unspecified atom stereocenters. The van der Waals surface area contributed by atoms with E-state index in [4.69, 9.17) is 23.2 Å². The van der Waals surface area contributed by atoms with Crippen LogP contribution < -0.4 is 5.32 Å². The van der Waals surface area contributed by atoms with E-state index in [1.807, 2.05) is 6.92 Å². The molecule has 18 heavy (non-hydrogen) atoms. The summed E-state index contributed by atoms with van der Waals surface area (Å²) in [5, 5.41) is 14.6. The minimum Gasteiger partial charge on any atom is -0.310 e. The Kier molecular flexibility index (Phi) is 4.11. The van der Waals surface area contributed by atoms with Gasteiger partial charge < -0.3 is 5.32 Å². The second kappa shape index (κ2) is 5.60. The van der Waals surface area contributed by atoms with Crippen molar-refractivity contribution in [2.24, 2.45) is 0 Å². The molecule has 0 fully saturated rings. The van der Waals surface area contributed by atoms with Gasteiger partial charge in [0.25, 0.3) is 0 Å². The first-order chi connectivity index (χ1) is 8.63. The summed E-state index contributed by atoms with van der Waals surface area (Å²) in [6.07, 6.45) is 0. The van der Waals surface area contributed by atoms with Gasteiger partial charge in [0, 0.05) is 0 Å². The molecule has 1 aromatic heterocycles. The van der Waals surface area contributed by atoms with Crippen molar-refractivity contribution in [2.75, 3.05) is 6.54 Å². The SMILES string of the molecule is CCNCc1nnnn1-c1c(Cl)cc(F)cc1Cl. The number of rotatable bonds is 4. The Labute approximate surface area is 113 Å². The number of hydrogen-bond donors (Lipinski definition) is 1. The van der Waals surface area contributed by atoms with Crippen LogP contribution in [0.3, 0.4) is 0 Å². The molecule has 0 radical (unpaired) electrons. The fraction of sp³-hybridized carbons (Fsp3) is 0.300. The summed E-state index contributed by atoms with van der Waals surface area (Å²) < 4.78 is 14.5. The molecule has 5 nitrogen and oxygen atoms in total. The molecular weight excluding hydrogens is 280 g/mol. The highest BCUT2D eigenvalue weighted by Crippen LogP contribution is 2.29. The number of nitrogens with zero attached hydrogens (tertiary/aromatic N) is 4. The van der Waals surface area contributed by atoms with Crippen LogP contribution in [0.5, 0.6) is 0 Å². The van der Waals surface area contributed by atoms with Gasteiger partial charge in [0.05, 0.1) is 16.6 Å². The highest BCUT2D eigenvalue weighted by atomic mass is 35.5. The summed E-state index contributed by atoms with van der Waals surface area (Å²) in [5.74, 6) is 0.0438. The van der Waals surface area contributed by atoms with Crippen molar-refractivity contribution in [3.63, 3.8) is 0 Å². The second-order valence-corrected chi connectivity index (χ2v) is 4.32. The van der Waals surface area contributed by atoms with Gasteiger partial charge in [-0.1, -0.05) is 30.1 Å². The van der Waals surface area contributed by atoms with Crippen LogP contribution in [0.2, 0.25) is 10.0 Å². The zero-order valence-corrected chi connectivity index (χ0v) is 11.0. The highest BCUT2D eigenvalue weighted by molar-refractivity contribution is 6.37. The molecule has 2 rings (SSSR count). The van der Waals surface area contributed by atoms with Crippen LogP contribution in [0.4, 0.5) is 4.39 Å². The lowest BCUT2D eigenvalue weighted by Crippen LogP contribution is -2.16. The van der Waals surface area contributed by atoms with Gasteiger partial charge in [-0.15, -0.1) is 5.10 Å². The molecule has 0 spiro atoms. The summed E-state index contributed by atoms with van der Waals surface area (Å²) in [5.41, 5.74) is 0.373. The maximum atomic E-state index is 13.1. The Morgan fingerprint density at radius 1 is 1.33 bits per heavy atom. The number of halogens is 3. The Balaban J connectivity index is 2.46. The maximum Gasteiger partial charge on any atom is 0.170 e. The van der Waals surface area contributed by atoms with Gasteiger partial charge in [0.15, 0.2) is 5.82 Å². The molecule has 0 saturated heterocycles. The number of benzene rings is 1. The molecule has 0 amide bonds. The van der Waals surface area contributed by atoms with Crippen molar-refractivity contribution in [1.29, 1.82) is 0 Å². The van der Waals surface area contributed by atoms with Gasteiger partial charge in [-0.2, -0.15) is 4.68 Å². The molecule has 0 bridgehead atoms. The van der Waals surface area contributed by atoms with Crippen molar-refractivity contribution >= 4 is 23.2 Å². The van der Waals surface area contributed by atoms with Crippen molar-refractivity contribution in [3.8, 4) is 5.69 Å². The molecule has 1 heterocycles. The maximum absolute atomic E-state index is 13.1. The Morgan fingerprint density at radius 3 is 2.61 bits per heavy atom. The molecule has 96 valence electrons. The van der Waals surface area contributed by atoms with Crippen LogP contribution in [-0.2, 0) is 6.54 Å². The number of aromatic nitrogens is 4. The number of nitrogens with one attached hydrogen (secondary N) is 1. The van der Waals surface area contributed by atoms with E-state index < -0.39 is 5.82 Å². The fourth-order valence-electron chi connectivity index (χ4n) is 1.46. The van der Waals surface area contributed by atoms with E-state index >= 15 is 0 Å². The molecule has 1 aromatic carbocycles.